The summed E-state index contributed by atoms with van der Waals surface area (Å²) in [7, 11) is 0. The van der Waals surface area contributed by atoms with E-state index in [4.69, 9.17) is 4.79 Å². The van der Waals surface area contributed by atoms with Crippen molar-refractivity contribution in [1.82, 2.24) is 0 Å². The van der Waals surface area contributed by atoms with E-state index in [1.165, 1.54) is 5.94 Å². The van der Waals surface area contributed by atoms with Gasteiger partial charge in [-0.1, -0.05) is 0 Å². The highest BCUT2D eigenvalue weighted by Crippen LogP contribution is 1.97. The van der Waals surface area contributed by atoms with Crippen molar-refractivity contribution in [2.24, 2.45) is 0 Å². The lowest BCUT2D eigenvalue weighted by molar-refractivity contribution is -0.157. The van der Waals surface area contributed by atoms with Gasteiger partial charge in [0, 0.05) is 0 Å². The fraction of sp³-hybridized carbons (Fsp3) is 0.400. The van der Waals surface area contributed by atoms with E-state index in [9.17, 15) is 4.79 Å². The van der Waals surface area contributed by atoms with Crippen LogP contribution in [0, 0.1) is 0 Å². The number of ether oxygens (including phenoxy) is 1. The lowest BCUT2D eigenvalue weighted by atomic mass is 10.4. The molecule has 1 rings (SSSR count). The second-order valence-corrected chi connectivity index (χ2v) is 1.11. The zero-order valence-electron chi connectivity index (χ0n) is 4.35. The van der Waals surface area contributed by atoms with Gasteiger partial charge >= 0.3 is 5.97 Å². The minimum absolute atomic E-state index is 0.0648. The lowest BCUT2D eigenvalue weighted by Gasteiger charge is -2.09. The third-order valence-corrected chi connectivity index (χ3v) is 0.569. The van der Waals surface area contributed by atoms with Crippen LogP contribution in [0.25, 0.3) is 0 Å². The molecule has 0 aromatic rings. The summed E-state index contributed by atoms with van der Waals surface area (Å²) in [4.78, 5) is 18.2. The molecular weight excluding hydrogens is 108 g/mol. The van der Waals surface area contributed by atoms with Crippen molar-refractivity contribution in [1.29, 1.82) is 0 Å². The highest BCUT2D eigenvalue weighted by molar-refractivity contribution is 5.73. The third-order valence-electron chi connectivity index (χ3n) is 0.569. The first-order valence-corrected chi connectivity index (χ1v) is 2.11. The first-order chi connectivity index (χ1) is 3.81. The Bertz CT molecular complexity index is 105. The molecular formula is C5H6O3. The third kappa shape index (κ3) is 3.12. The van der Waals surface area contributed by atoms with Crippen LogP contribution in [0.15, 0.2) is 6.58 Å². The second kappa shape index (κ2) is 4.09. The SMILES string of the molecule is C=C=O.O=C1CCO1. The first kappa shape index (κ1) is 6.92. The Balaban J connectivity index is 0.000000145. The van der Waals surface area contributed by atoms with Gasteiger partial charge in [-0.05, 0) is 6.58 Å². The van der Waals surface area contributed by atoms with Crippen molar-refractivity contribution in [2.45, 2.75) is 6.42 Å². The zero-order valence-corrected chi connectivity index (χ0v) is 4.35. The maximum absolute atomic E-state index is 9.68. The van der Waals surface area contributed by atoms with Gasteiger partial charge in [0.2, 0.25) is 0 Å². The molecule has 1 aliphatic heterocycles. The van der Waals surface area contributed by atoms with Crippen molar-refractivity contribution in [3.63, 3.8) is 0 Å². The first-order valence-electron chi connectivity index (χ1n) is 2.11. The van der Waals surface area contributed by atoms with Crippen LogP contribution in [0.3, 0.4) is 0 Å². The van der Waals surface area contributed by atoms with E-state index in [1.807, 2.05) is 0 Å². The summed E-state index contributed by atoms with van der Waals surface area (Å²) in [5.41, 5.74) is 0. The van der Waals surface area contributed by atoms with E-state index in [0.29, 0.717) is 13.0 Å². The molecule has 0 saturated carbocycles. The van der Waals surface area contributed by atoms with Crippen LogP contribution in [0.1, 0.15) is 6.42 Å². The Kier molecular flexibility index (Phi) is 3.54. The lowest BCUT2D eigenvalue weighted by Crippen LogP contribution is -2.18. The van der Waals surface area contributed by atoms with E-state index in [-0.39, 0.29) is 5.97 Å². The Labute approximate surface area is 46.9 Å². The Hall–Kier alpha value is -1.08. The molecule has 0 atom stereocenters. The van der Waals surface area contributed by atoms with E-state index in [2.05, 4.69) is 11.3 Å². The largest absolute Gasteiger partial charge is 0.465 e. The molecule has 0 bridgehead atoms. The molecule has 0 spiro atoms. The van der Waals surface area contributed by atoms with Gasteiger partial charge in [-0.15, -0.1) is 0 Å². The molecule has 0 aromatic carbocycles. The van der Waals surface area contributed by atoms with Crippen LogP contribution in [0.5, 0.6) is 0 Å². The van der Waals surface area contributed by atoms with Crippen LogP contribution in [0.4, 0.5) is 0 Å². The van der Waals surface area contributed by atoms with Crippen LogP contribution < -0.4 is 0 Å². The summed E-state index contributed by atoms with van der Waals surface area (Å²) < 4.78 is 4.29. The molecule has 44 valence electrons. The van der Waals surface area contributed by atoms with Crippen LogP contribution in [-0.2, 0) is 14.3 Å². The van der Waals surface area contributed by atoms with Crippen LogP contribution in [-0.4, -0.2) is 18.5 Å². The van der Waals surface area contributed by atoms with Gasteiger partial charge in [-0.3, -0.25) is 4.79 Å². The fourth-order valence-corrected chi connectivity index (χ4v) is 0.185. The molecule has 0 radical (unpaired) electrons. The molecule has 1 aliphatic rings. The normalized spacial score (nSPS) is 13.8. The van der Waals surface area contributed by atoms with Gasteiger partial charge in [0.1, 0.15) is 12.5 Å². The number of cyclic esters (lactones) is 1. The zero-order chi connectivity index (χ0) is 6.41. The minimum Gasteiger partial charge on any atom is -0.465 e. The van der Waals surface area contributed by atoms with Crippen molar-refractivity contribution >= 4 is 11.9 Å². The van der Waals surface area contributed by atoms with E-state index < -0.39 is 0 Å². The summed E-state index contributed by atoms with van der Waals surface area (Å²) in [5.74, 6) is 1.19. The maximum atomic E-state index is 9.68. The molecule has 8 heavy (non-hydrogen) atoms. The topological polar surface area (TPSA) is 43.4 Å². The van der Waals surface area contributed by atoms with Crippen molar-refractivity contribution in [2.75, 3.05) is 6.61 Å². The quantitative estimate of drug-likeness (QED) is 0.327. The maximum Gasteiger partial charge on any atom is 0.309 e. The number of carbonyl (C=O) groups is 1. The average molecular weight is 114 g/mol. The number of carbonyl (C=O) groups excluding carboxylic acids is 2. The standard InChI is InChI=1S/C3H4O2.C2H2O/c4-3-1-2-5-3;1-2-3/h1-2H2;1H2. The van der Waals surface area contributed by atoms with Gasteiger partial charge in [0.15, 0.2) is 0 Å². The van der Waals surface area contributed by atoms with Crippen molar-refractivity contribution < 1.29 is 14.3 Å². The molecule has 0 amide bonds. The highest BCUT2D eigenvalue weighted by Gasteiger charge is 2.10. The van der Waals surface area contributed by atoms with E-state index in [0.717, 1.165) is 0 Å². The molecule has 1 saturated heterocycles. The molecule has 3 heteroatoms. The molecule has 1 fully saturated rings. The number of hydrogen-bond donors (Lipinski definition) is 0. The molecule has 0 aromatic heterocycles. The van der Waals surface area contributed by atoms with Crippen LogP contribution >= 0.6 is 0 Å². The molecule has 1 heterocycles. The van der Waals surface area contributed by atoms with Gasteiger partial charge < -0.3 is 4.74 Å². The number of rotatable bonds is 0. The highest BCUT2D eigenvalue weighted by atomic mass is 16.6. The van der Waals surface area contributed by atoms with Crippen molar-refractivity contribution in [3.05, 3.63) is 6.58 Å². The smallest absolute Gasteiger partial charge is 0.309 e. The van der Waals surface area contributed by atoms with Crippen molar-refractivity contribution in [3.8, 4) is 0 Å². The Morgan fingerprint density at radius 1 is 1.75 bits per heavy atom. The predicted octanol–water partition coefficient (Wildman–Crippen LogP) is -0.0627. The van der Waals surface area contributed by atoms with Gasteiger partial charge in [-0.2, -0.15) is 0 Å². The summed E-state index contributed by atoms with van der Waals surface area (Å²) >= 11 is 0. The van der Waals surface area contributed by atoms with Crippen LogP contribution in [0.2, 0.25) is 0 Å². The molecule has 0 unspecified atom stereocenters. The summed E-state index contributed by atoms with van der Waals surface area (Å²) in [6, 6.07) is 0. The van der Waals surface area contributed by atoms with E-state index in [1.54, 1.807) is 0 Å². The monoisotopic (exact) mass is 114 g/mol. The predicted molar refractivity (Wildman–Crippen MR) is 26.9 cm³/mol. The van der Waals surface area contributed by atoms with Gasteiger partial charge in [0.25, 0.3) is 0 Å². The summed E-state index contributed by atoms with van der Waals surface area (Å²) in [6.07, 6.45) is 0.625. The minimum atomic E-state index is -0.0648. The average Bonchev–Trinajstić information content (AvgIpc) is 1.64. The summed E-state index contributed by atoms with van der Waals surface area (Å²) in [6.45, 7) is 3.32. The Morgan fingerprint density at radius 2 is 2.00 bits per heavy atom. The number of esters is 1. The molecule has 3 nitrogen and oxygen atoms in total. The second-order valence-electron chi connectivity index (χ2n) is 1.11. The number of hydrogen-bond acceptors (Lipinski definition) is 3. The summed E-state index contributed by atoms with van der Waals surface area (Å²) in [5, 5.41) is 0. The fourth-order valence-electron chi connectivity index (χ4n) is 0.185. The van der Waals surface area contributed by atoms with E-state index >= 15 is 0 Å². The van der Waals surface area contributed by atoms with Gasteiger partial charge in [-0.25, -0.2) is 4.79 Å². The molecule has 0 N–H and O–H groups in total. The Morgan fingerprint density at radius 3 is 2.00 bits per heavy atom. The molecule has 0 aliphatic carbocycles. The van der Waals surface area contributed by atoms with Gasteiger partial charge in [0.05, 0.1) is 6.42 Å².